The lowest BCUT2D eigenvalue weighted by molar-refractivity contribution is 0.102. The van der Waals surface area contributed by atoms with Gasteiger partial charge in [-0.05, 0) is 44.0 Å². The van der Waals surface area contributed by atoms with Gasteiger partial charge in [0.05, 0.1) is 32.0 Å². The van der Waals surface area contributed by atoms with Gasteiger partial charge in [-0.25, -0.2) is 9.67 Å². The molecule has 0 aliphatic carbocycles. The number of oxazole rings is 1. The molecular formula is C25H27N5O4. The highest BCUT2D eigenvalue weighted by molar-refractivity contribution is 6.03. The fraction of sp³-hybridized carbons (Fsp3) is 0.280. The molecule has 0 unspecified atom stereocenters. The molecule has 176 valence electrons. The number of rotatable bonds is 8. The number of hydrogen-bond acceptors (Lipinski definition) is 7. The highest BCUT2D eigenvalue weighted by Crippen LogP contribution is 2.38. The van der Waals surface area contributed by atoms with Crippen molar-refractivity contribution in [3.05, 3.63) is 70.9 Å². The van der Waals surface area contributed by atoms with Crippen molar-refractivity contribution in [3.8, 4) is 23.0 Å². The molecule has 34 heavy (non-hydrogen) atoms. The first-order valence-corrected chi connectivity index (χ1v) is 10.9. The summed E-state index contributed by atoms with van der Waals surface area (Å²) >= 11 is 0. The number of benzene rings is 2. The summed E-state index contributed by atoms with van der Waals surface area (Å²) in [5.74, 6) is 1.88. The van der Waals surface area contributed by atoms with Crippen molar-refractivity contribution in [1.82, 2.24) is 20.0 Å². The van der Waals surface area contributed by atoms with Crippen LogP contribution in [0, 0.1) is 13.8 Å². The Kier molecular flexibility index (Phi) is 6.62. The standard InChI is InChI=1S/C25H27N5O4/c1-6-17-10-7-8-12-19(17)26-24(31)22-15(2)30(29-28-22)14-20-16(3)34-25(27-20)18-11-9-13-21(32-4)23(18)33-5/h7-13H,6,14H2,1-5H3,(H,26,31). The van der Waals surface area contributed by atoms with E-state index in [4.69, 9.17) is 13.9 Å². The molecule has 1 amide bonds. The first-order chi connectivity index (χ1) is 16.5. The molecule has 1 N–H and O–H groups in total. The summed E-state index contributed by atoms with van der Waals surface area (Å²) in [6, 6.07) is 13.2. The summed E-state index contributed by atoms with van der Waals surface area (Å²) in [5.41, 5.74) is 4.08. The van der Waals surface area contributed by atoms with Crippen LogP contribution in [0.5, 0.6) is 11.5 Å². The van der Waals surface area contributed by atoms with Gasteiger partial charge in [0.1, 0.15) is 11.5 Å². The molecular weight excluding hydrogens is 434 g/mol. The minimum atomic E-state index is -0.302. The van der Waals surface area contributed by atoms with Crippen LogP contribution in [0.3, 0.4) is 0 Å². The Labute approximate surface area is 197 Å². The van der Waals surface area contributed by atoms with E-state index in [0.29, 0.717) is 46.6 Å². The molecule has 0 atom stereocenters. The zero-order chi connectivity index (χ0) is 24.2. The third-order valence-electron chi connectivity index (χ3n) is 5.67. The predicted octanol–water partition coefficient (Wildman–Crippen LogP) is 4.43. The molecule has 0 fully saturated rings. The van der Waals surface area contributed by atoms with Gasteiger partial charge in [-0.3, -0.25) is 4.79 Å². The number of carbonyl (C=O) groups excluding carboxylic acids is 1. The van der Waals surface area contributed by atoms with Gasteiger partial charge < -0.3 is 19.2 Å². The van der Waals surface area contributed by atoms with Gasteiger partial charge in [-0.1, -0.05) is 36.4 Å². The van der Waals surface area contributed by atoms with Crippen LogP contribution < -0.4 is 14.8 Å². The van der Waals surface area contributed by atoms with Gasteiger partial charge in [-0.2, -0.15) is 0 Å². The minimum absolute atomic E-state index is 0.266. The molecule has 2 aromatic heterocycles. The fourth-order valence-corrected chi connectivity index (χ4v) is 3.74. The maximum atomic E-state index is 12.9. The van der Waals surface area contributed by atoms with Crippen LogP contribution in [0.1, 0.15) is 40.1 Å². The zero-order valence-electron chi connectivity index (χ0n) is 19.9. The average molecular weight is 462 g/mol. The quantitative estimate of drug-likeness (QED) is 0.414. The topological polar surface area (TPSA) is 104 Å². The molecule has 0 radical (unpaired) electrons. The van der Waals surface area contributed by atoms with Crippen molar-refractivity contribution in [3.63, 3.8) is 0 Å². The van der Waals surface area contributed by atoms with Crippen molar-refractivity contribution in [2.45, 2.75) is 33.7 Å². The Morgan fingerprint density at radius 1 is 1.09 bits per heavy atom. The lowest BCUT2D eigenvalue weighted by Gasteiger charge is -2.10. The van der Waals surface area contributed by atoms with Gasteiger partial charge in [-0.15, -0.1) is 5.10 Å². The molecule has 2 heterocycles. The molecule has 0 saturated heterocycles. The first kappa shape index (κ1) is 23.0. The van der Waals surface area contributed by atoms with Gasteiger partial charge in [0.2, 0.25) is 5.89 Å². The van der Waals surface area contributed by atoms with Crippen LogP contribution in [-0.4, -0.2) is 40.1 Å². The highest BCUT2D eigenvalue weighted by atomic mass is 16.5. The lowest BCUT2D eigenvalue weighted by Crippen LogP contribution is -2.15. The summed E-state index contributed by atoms with van der Waals surface area (Å²) in [6.45, 7) is 5.99. The van der Waals surface area contributed by atoms with Crippen LogP contribution in [0.2, 0.25) is 0 Å². The summed E-state index contributed by atoms with van der Waals surface area (Å²) in [7, 11) is 3.15. The zero-order valence-corrected chi connectivity index (χ0v) is 19.9. The average Bonchev–Trinajstić information content (AvgIpc) is 3.41. The Hall–Kier alpha value is -4.14. The largest absolute Gasteiger partial charge is 0.493 e. The molecule has 2 aromatic carbocycles. The van der Waals surface area contributed by atoms with E-state index in [1.807, 2.05) is 63.2 Å². The van der Waals surface area contributed by atoms with E-state index in [2.05, 4.69) is 20.6 Å². The molecule has 0 saturated carbocycles. The van der Waals surface area contributed by atoms with Crippen LogP contribution in [0.25, 0.3) is 11.5 Å². The second-order valence-electron chi connectivity index (χ2n) is 7.71. The number of para-hydroxylation sites is 2. The van der Waals surface area contributed by atoms with Crippen molar-refractivity contribution in [2.24, 2.45) is 0 Å². The Morgan fingerprint density at radius 3 is 2.62 bits per heavy atom. The molecule has 0 aliphatic rings. The van der Waals surface area contributed by atoms with Crippen LogP contribution in [0.15, 0.2) is 46.9 Å². The molecule has 4 rings (SSSR count). The highest BCUT2D eigenvalue weighted by Gasteiger charge is 2.21. The fourth-order valence-electron chi connectivity index (χ4n) is 3.74. The monoisotopic (exact) mass is 461 g/mol. The number of nitrogens with one attached hydrogen (secondary N) is 1. The minimum Gasteiger partial charge on any atom is -0.493 e. The van der Waals surface area contributed by atoms with Gasteiger partial charge in [0, 0.05) is 5.69 Å². The number of anilines is 1. The molecule has 4 aromatic rings. The normalized spacial score (nSPS) is 10.9. The number of aromatic nitrogens is 4. The Morgan fingerprint density at radius 2 is 1.88 bits per heavy atom. The van der Waals surface area contributed by atoms with Crippen LogP contribution in [0.4, 0.5) is 5.69 Å². The van der Waals surface area contributed by atoms with Crippen LogP contribution >= 0.6 is 0 Å². The van der Waals surface area contributed by atoms with Crippen molar-refractivity contribution in [2.75, 3.05) is 19.5 Å². The SMILES string of the molecule is CCc1ccccc1NC(=O)c1nnn(Cc2nc(-c3cccc(OC)c3OC)oc2C)c1C. The van der Waals surface area contributed by atoms with E-state index in [1.165, 1.54) is 0 Å². The van der Waals surface area contributed by atoms with Crippen molar-refractivity contribution in [1.29, 1.82) is 0 Å². The number of hydrogen-bond donors (Lipinski definition) is 1. The van der Waals surface area contributed by atoms with Crippen LogP contribution in [-0.2, 0) is 13.0 Å². The predicted molar refractivity (Wildman–Crippen MR) is 127 cm³/mol. The number of carbonyl (C=O) groups is 1. The van der Waals surface area contributed by atoms with E-state index in [1.54, 1.807) is 18.9 Å². The third-order valence-corrected chi connectivity index (χ3v) is 5.67. The molecule has 9 nitrogen and oxygen atoms in total. The second-order valence-corrected chi connectivity index (χ2v) is 7.71. The number of nitrogens with zero attached hydrogens (tertiary/aromatic N) is 4. The summed E-state index contributed by atoms with van der Waals surface area (Å²) in [6.07, 6.45) is 0.813. The number of aryl methyl sites for hydroxylation is 2. The van der Waals surface area contributed by atoms with E-state index < -0.39 is 0 Å². The van der Waals surface area contributed by atoms with Gasteiger partial charge in [0.15, 0.2) is 17.2 Å². The van der Waals surface area contributed by atoms with Gasteiger partial charge in [0.25, 0.3) is 5.91 Å². The van der Waals surface area contributed by atoms with Gasteiger partial charge >= 0.3 is 0 Å². The number of ether oxygens (including phenoxy) is 2. The summed E-state index contributed by atoms with van der Waals surface area (Å²) < 4.78 is 18.4. The Bertz CT molecular complexity index is 1320. The second kappa shape index (κ2) is 9.78. The number of methoxy groups -OCH3 is 2. The Balaban J connectivity index is 1.57. The van der Waals surface area contributed by atoms with E-state index in [0.717, 1.165) is 17.7 Å². The summed E-state index contributed by atoms with van der Waals surface area (Å²) in [4.78, 5) is 17.5. The van der Waals surface area contributed by atoms with E-state index in [-0.39, 0.29) is 11.6 Å². The van der Waals surface area contributed by atoms with E-state index >= 15 is 0 Å². The molecule has 0 aliphatic heterocycles. The molecule has 0 bridgehead atoms. The molecule has 0 spiro atoms. The smallest absolute Gasteiger partial charge is 0.278 e. The lowest BCUT2D eigenvalue weighted by atomic mass is 10.1. The van der Waals surface area contributed by atoms with E-state index in [9.17, 15) is 4.79 Å². The first-order valence-electron chi connectivity index (χ1n) is 10.9. The molecule has 9 heteroatoms. The summed E-state index contributed by atoms with van der Waals surface area (Å²) in [5, 5.41) is 11.2. The maximum absolute atomic E-state index is 12.9. The third kappa shape index (κ3) is 4.36. The van der Waals surface area contributed by atoms with Crippen molar-refractivity contribution < 1.29 is 18.7 Å². The number of amides is 1. The van der Waals surface area contributed by atoms with Crippen molar-refractivity contribution >= 4 is 11.6 Å². The maximum Gasteiger partial charge on any atom is 0.278 e.